The Morgan fingerprint density at radius 3 is 2.44 bits per heavy atom. The summed E-state index contributed by atoms with van der Waals surface area (Å²) in [5.41, 5.74) is 0.291. The van der Waals surface area contributed by atoms with E-state index in [0.717, 1.165) is 45.0 Å². The minimum Gasteiger partial charge on any atom is -0.376 e. The molecule has 2 fully saturated rings. The lowest BCUT2D eigenvalue weighted by atomic mass is 9.85. The second-order valence-electron chi connectivity index (χ2n) is 8.62. The first-order valence-electron chi connectivity index (χ1n) is 10.4. The molecule has 0 radical (unpaired) electrons. The summed E-state index contributed by atoms with van der Waals surface area (Å²) in [6.45, 7) is 3.71. The molecule has 0 bridgehead atoms. The molecule has 7 heteroatoms. The minimum atomic E-state index is 0.00823. The van der Waals surface area contributed by atoms with Crippen LogP contribution < -0.4 is 10.6 Å². The van der Waals surface area contributed by atoms with Crippen molar-refractivity contribution in [2.45, 2.75) is 51.0 Å². The van der Waals surface area contributed by atoms with Gasteiger partial charge in [0.05, 0.1) is 6.10 Å². The van der Waals surface area contributed by atoms with Crippen molar-refractivity contribution in [3.63, 3.8) is 0 Å². The molecule has 1 saturated carbocycles. The van der Waals surface area contributed by atoms with Crippen LogP contribution in [0.5, 0.6) is 0 Å². The average molecular weight is 382 g/mol. The lowest BCUT2D eigenvalue weighted by Crippen LogP contribution is -2.48. The molecule has 1 saturated heterocycles. The smallest absolute Gasteiger partial charge is 0.243 e. The number of likely N-dealkylation sites (N-methyl/N-ethyl adjacent to an activating group) is 1. The van der Waals surface area contributed by atoms with E-state index in [4.69, 9.17) is 4.74 Å². The summed E-state index contributed by atoms with van der Waals surface area (Å²) in [4.78, 5) is 20.3. The molecule has 156 valence electrons. The van der Waals surface area contributed by atoms with Crippen molar-refractivity contribution in [3.8, 4) is 0 Å². The van der Waals surface area contributed by atoms with Gasteiger partial charge in [-0.15, -0.1) is 0 Å². The third-order valence-electron chi connectivity index (χ3n) is 5.59. The zero-order valence-electron chi connectivity index (χ0n) is 17.7. The highest BCUT2D eigenvalue weighted by atomic mass is 16.5. The summed E-state index contributed by atoms with van der Waals surface area (Å²) >= 11 is 0. The number of rotatable bonds is 8. The van der Waals surface area contributed by atoms with E-state index in [0.29, 0.717) is 5.41 Å². The molecule has 1 atom stereocenters. The van der Waals surface area contributed by atoms with Gasteiger partial charge in [-0.3, -0.25) is 4.79 Å². The lowest BCUT2D eigenvalue weighted by Gasteiger charge is -2.33. The Balaban J connectivity index is 1.94. The first kappa shape index (κ1) is 22.0. The Bertz CT molecular complexity index is 481. The molecule has 27 heavy (non-hydrogen) atoms. The zero-order chi connectivity index (χ0) is 19.7. The number of nitrogens with one attached hydrogen (secondary N) is 2. The molecule has 0 aromatic heterocycles. The topological polar surface area (TPSA) is 69.2 Å². The van der Waals surface area contributed by atoms with Crippen LogP contribution in [0, 0.1) is 5.41 Å². The molecule has 1 unspecified atom stereocenters. The van der Waals surface area contributed by atoms with Gasteiger partial charge < -0.3 is 25.2 Å². The maximum Gasteiger partial charge on any atom is 0.243 e. The SMILES string of the molecule is CN(C)CC1(CNC(=NCC(=O)N(C)C)NCC2CCCCO2)CCCC1. The number of nitrogens with zero attached hydrogens (tertiary/aromatic N) is 3. The van der Waals surface area contributed by atoms with E-state index in [1.165, 1.54) is 32.1 Å². The molecule has 1 aliphatic carbocycles. The van der Waals surface area contributed by atoms with E-state index in [1.807, 2.05) is 0 Å². The lowest BCUT2D eigenvalue weighted by molar-refractivity contribution is -0.127. The number of carbonyl (C=O) groups excluding carboxylic acids is 1. The van der Waals surface area contributed by atoms with Crippen molar-refractivity contribution in [2.75, 3.05) is 61.0 Å². The van der Waals surface area contributed by atoms with Crippen molar-refractivity contribution >= 4 is 11.9 Å². The normalized spacial score (nSPS) is 22.7. The van der Waals surface area contributed by atoms with Crippen LogP contribution in [0.4, 0.5) is 0 Å². The van der Waals surface area contributed by atoms with Gasteiger partial charge in [-0.1, -0.05) is 12.8 Å². The van der Waals surface area contributed by atoms with E-state index in [-0.39, 0.29) is 18.6 Å². The number of aliphatic imine (C=N–C) groups is 1. The summed E-state index contributed by atoms with van der Waals surface area (Å²) in [5, 5.41) is 6.94. The van der Waals surface area contributed by atoms with Crippen LogP contribution in [0.3, 0.4) is 0 Å². The fourth-order valence-electron chi connectivity index (χ4n) is 4.10. The van der Waals surface area contributed by atoms with Gasteiger partial charge in [0.15, 0.2) is 5.96 Å². The van der Waals surface area contributed by atoms with E-state index in [9.17, 15) is 4.79 Å². The van der Waals surface area contributed by atoms with Crippen molar-refractivity contribution < 1.29 is 9.53 Å². The van der Waals surface area contributed by atoms with E-state index in [1.54, 1.807) is 19.0 Å². The van der Waals surface area contributed by atoms with Gasteiger partial charge in [0.25, 0.3) is 0 Å². The van der Waals surface area contributed by atoms with E-state index < -0.39 is 0 Å². The van der Waals surface area contributed by atoms with Crippen LogP contribution in [0.1, 0.15) is 44.9 Å². The highest BCUT2D eigenvalue weighted by molar-refractivity contribution is 5.84. The van der Waals surface area contributed by atoms with Crippen LogP contribution >= 0.6 is 0 Å². The van der Waals surface area contributed by atoms with Gasteiger partial charge in [-0.25, -0.2) is 4.99 Å². The van der Waals surface area contributed by atoms with Gasteiger partial charge in [0.1, 0.15) is 6.54 Å². The molecular formula is C20H39N5O2. The van der Waals surface area contributed by atoms with Crippen molar-refractivity contribution in [1.82, 2.24) is 20.4 Å². The molecule has 7 nitrogen and oxygen atoms in total. The van der Waals surface area contributed by atoms with E-state index in [2.05, 4.69) is 34.6 Å². The highest BCUT2D eigenvalue weighted by Crippen LogP contribution is 2.37. The second kappa shape index (κ2) is 10.9. The average Bonchev–Trinajstić information content (AvgIpc) is 3.09. The predicted octanol–water partition coefficient (Wildman–Crippen LogP) is 1.30. The largest absolute Gasteiger partial charge is 0.376 e. The fraction of sp³-hybridized carbons (Fsp3) is 0.900. The molecule has 2 rings (SSSR count). The van der Waals surface area contributed by atoms with Crippen molar-refractivity contribution in [3.05, 3.63) is 0 Å². The van der Waals surface area contributed by atoms with Crippen LogP contribution in [-0.4, -0.2) is 88.7 Å². The third kappa shape index (κ3) is 7.66. The zero-order valence-corrected chi connectivity index (χ0v) is 17.7. The minimum absolute atomic E-state index is 0.00823. The number of carbonyl (C=O) groups is 1. The highest BCUT2D eigenvalue weighted by Gasteiger charge is 2.34. The number of ether oxygens (including phenoxy) is 1. The number of amides is 1. The van der Waals surface area contributed by atoms with Crippen molar-refractivity contribution in [2.24, 2.45) is 10.4 Å². The molecule has 1 aliphatic heterocycles. The Morgan fingerprint density at radius 2 is 1.85 bits per heavy atom. The third-order valence-corrected chi connectivity index (χ3v) is 5.59. The van der Waals surface area contributed by atoms with Gasteiger partial charge in [0.2, 0.25) is 5.91 Å². The van der Waals surface area contributed by atoms with Crippen LogP contribution in [0.2, 0.25) is 0 Å². The Kier molecular flexibility index (Phi) is 8.83. The summed E-state index contributed by atoms with van der Waals surface area (Å²) < 4.78 is 5.82. The summed E-state index contributed by atoms with van der Waals surface area (Å²) in [7, 11) is 7.81. The maximum absolute atomic E-state index is 12.0. The molecule has 2 aliphatic rings. The first-order chi connectivity index (χ1) is 12.9. The van der Waals surface area contributed by atoms with Gasteiger partial charge in [0, 0.05) is 45.8 Å². The summed E-state index contributed by atoms with van der Waals surface area (Å²) in [5.74, 6) is 0.735. The number of hydrogen-bond donors (Lipinski definition) is 2. The maximum atomic E-state index is 12.0. The van der Waals surface area contributed by atoms with Crippen LogP contribution in [-0.2, 0) is 9.53 Å². The molecule has 0 spiro atoms. The number of hydrogen-bond acceptors (Lipinski definition) is 4. The van der Waals surface area contributed by atoms with Gasteiger partial charge >= 0.3 is 0 Å². The van der Waals surface area contributed by atoms with Crippen molar-refractivity contribution in [1.29, 1.82) is 0 Å². The standard InChI is InChI=1S/C20H39N5O2/c1-24(2)16-20(10-6-7-11-20)15-23-19(22-14-18(26)25(3)4)21-13-17-9-5-8-12-27-17/h17H,5-16H2,1-4H3,(H2,21,22,23). The first-order valence-corrected chi connectivity index (χ1v) is 10.4. The van der Waals surface area contributed by atoms with E-state index >= 15 is 0 Å². The number of guanidine groups is 1. The fourth-order valence-corrected chi connectivity index (χ4v) is 4.10. The van der Waals surface area contributed by atoms with Gasteiger partial charge in [-0.2, -0.15) is 0 Å². The summed E-state index contributed by atoms with van der Waals surface area (Å²) in [6, 6.07) is 0. The quantitative estimate of drug-likeness (QED) is 0.490. The second-order valence-corrected chi connectivity index (χ2v) is 8.62. The van der Waals surface area contributed by atoms with Crippen LogP contribution in [0.15, 0.2) is 4.99 Å². The van der Waals surface area contributed by atoms with Crippen LogP contribution in [0.25, 0.3) is 0 Å². The Hall–Kier alpha value is -1.34. The molecule has 2 N–H and O–H groups in total. The molecule has 1 amide bonds. The Morgan fingerprint density at radius 1 is 1.11 bits per heavy atom. The molecule has 0 aromatic carbocycles. The molecule has 0 aromatic rings. The summed E-state index contributed by atoms with van der Waals surface area (Å²) in [6.07, 6.45) is 8.77. The van der Waals surface area contributed by atoms with Gasteiger partial charge in [-0.05, 0) is 46.2 Å². The predicted molar refractivity (Wildman–Crippen MR) is 110 cm³/mol. The molecule has 1 heterocycles. The monoisotopic (exact) mass is 381 g/mol. The molecular weight excluding hydrogens is 342 g/mol. The Labute approximate surface area is 164 Å².